The number of carbonyl (C=O) groups excluding carboxylic acids is 1. The normalized spacial score (nSPS) is 16.1. The minimum Gasteiger partial charge on any atom is -0.495 e. The first-order valence-corrected chi connectivity index (χ1v) is 13.6. The maximum Gasteiger partial charge on any atom is 0.422 e. The Balaban J connectivity index is 1.73. The first-order valence-electron chi connectivity index (χ1n) is 13.2. The van der Waals surface area contributed by atoms with Gasteiger partial charge in [0.15, 0.2) is 12.4 Å². The number of ketones is 1. The van der Waals surface area contributed by atoms with Crippen molar-refractivity contribution in [2.24, 2.45) is 0 Å². The highest BCUT2D eigenvalue weighted by atomic mass is 35.5. The molecule has 3 aromatic rings. The highest BCUT2D eigenvalue weighted by Gasteiger charge is 2.31. The molecule has 224 valence electrons. The number of Topliss-reactive ketones (excluding diaryl/α,β-unsaturated/α-hetero) is 1. The molecule has 2 aromatic carbocycles. The molecular weight excluding hydrogens is 579 g/mol. The summed E-state index contributed by atoms with van der Waals surface area (Å²) in [6.07, 6.45) is -0.846. The Morgan fingerprint density at radius 3 is 2.43 bits per heavy atom. The van der Waals surface area contributed by atoms with Crippen LogP contribution in [0.25, 0.3) is 11.1 Å². The average Bonchev–Trinajstić information content (AvgIpc) is 2.95. The molecule has 2 atom stereocenters. The summed E-state index contributed by atoms with van der Waals surface area (Å²) in [6.45, 7) is -1.01. The number of pyridine rings is 1. The number of carboxylic acids is 1. The van der Waals surface area contributed by atoms with Crippen LogP contribution in [0.15, 0.2) is 59.5 Å². The van der Waals surface area contributed by atoms with Crippen molar-refractivity contribution < 1.29 is 42.1 Å². The summed E-state index contributed by atoms with van der Waals surface area (Å²) in [5.74, 6) is -1.44. The van der Waals surface area contributed by atoms with Crippen molar-refractivity contribution in [3.8, 4) is 22.6 Å². The van der Waals surface area contributed by atoms with Gasteiger partial charge < -0.3 is 23.9 Å². The lowest BCUT2D eigenvalue weighted by molar-refractivity contribution is -0.153. The van der Waals surface area contributed by atoms with E-state index in [2.05, 4.69) is 0 Å². The molecule has 4 rings (SSSR count). The van der Waals surface area contributed by atoms with Gasteiger partial charge in [0.1, 0.15) is 11.5 Å². The van der Waals surface area contributed by atoms with Crippen LogP contribution in [0.4, 0.5) is 13.2 Å². The summed E-state index contributed by atoms with van der Waals surface area (Å²) in [4.78, 5) is 38.4. The number of carboxylic acid groups (broad SMARTS) is 1. The van der Waals surface area contributed by atoms with Crippen LogP contribution in [0, 0.1) is 0 Å². The maximum absolute atomic E-state index is 13.7. The van der Waals surface area contributed by atoms with Crippen LogP contribution in [-0.2, 0) is 16.0 Å². The Kier molecular flexibility index (Phi) is 9.95. The first-order chi connectivity index (χ1) is 19.9. The number of carbonyl (C=O) groups is 2. The first kappa shape index (κ1) is 31.1. The number of alkyl halides is 3. The second kappa shape index (κ2) is 13.4. The van der Waals surface area contributed by atoms with E-state index < -0.39 is 30.4 Å². The highest BCUT2D eigenvalue weighted by molar-refractivity contribution is 6.31. The van der Waals surface area contributed by atoms with E-state index in [1.807, 2.05) is 0 Å². The zero-order valence-corrected chi connectivity index (χ0v) is 23.4. The molecule has 0 bridgehead atoms. The van der Waals surface area contributed by atoms with Gasteiger partial charge in [0.05, 0.1) is 31.0 Å². The van der Waals surface area contributed by atoms with Gasteiger partial charge in [-0.1, -0.05) is 23.7 Å². The molecule has 42 heavy (non-hydrogen) atoms. The number of hydrogen-bond donors (Lipinski definition) is 1. The third-order valence-electron chi connectivity index (χ3n) is 6.93. The summed E-state index contributed by atoms with van der Waals surface area (Å²) in [5, 5.41) is 9.36. The van der Waals surface area contributed by atoms with Crippen LogP contribution in [-0.4, -0.2) is 54.0 Å². The van der Waals surface area contributed by atoms with Gasteiger partial charge in [0.25, 0.3) is 5.56 Å². The lowest BCUT2D eigenvalue weighted by Crippen LogP contribution is -2.34. The van der Waals surface area contributed by atoms with Gasteiger partial charge in [0, 0.05) is 41.7 Å². The molecule has 1 saturated heterocycles. The molecule has 0 saturated carbocycles. The van der Waals surface area contributed by atoms with Gasteiger partial charge in [-0.05, 0) is 55.2 Å². The van der Waals surface area contributed by atoms with Crippen molar-refractivity contribution in [3.05, 3.63) is 81.2 Å². The van der Waals surface area contributed by atoms with E-state index >= 15 is 0 Å². The second-order valence-electron chi connectivity index (χ2n) is 9.93. The topological polar surface area (TPSA) is 104 Å². The molecule has 1 aromatic heterocycles. The van der Waals surface area contributed by atoms with Gasteiger partial charge in [-0.3, -0.25) is 9.59 Å². The number of rotatable bonds is 11. The fourth-order valence-corrected chi connectivity index (χ4v) is 5.04. The number of ether oxygens (including phenoxy) is 3. The number of nitrogens with zero attached hydrogens (tertiary/aromatic N) is 1. The van der Waals surface area contributed by atoms with E-state index in [-0.39, 0.29) is 57.9 Å². The van der Waals surface area contributed by atoms with Crippen molar-refractivity contribution >= 4 is 23.4 Å². The molecular formula is C30H29ClF3NO7. The lowest BCUT2D eigenvalue weighted by Gasteiger charge is -2.28. The number of aromatic nitrogens is 1. The molecule has 1 unspecified atom stereocenters. The minimum absolute atomic E-state index is 0.0719. The SMILES string of the molecule is COc1cn(C(C[C@@H]2CCCCO2)C(=O)Cc2ccc(C(=O)O)cc2)c(=O)cc1-c1cc(Cl)ccc1OCC(F)(F)F. The summed E-state index contributed by atoms with van der Waals surface area (Å²) >= 11 is 6.13. The molecule has 2 heterocycles. The molecule has 0 radical (unpaired) electrons. The standard InChI is InChI=1S/C30H29ClF3NO7/c1-40-27-16-35(28(37)15-23(27)22-13-20(31)9-10-26(22)42-17-30(32,33)34)24(14-21-4-2-3-11-41-21)25(36)12-18-5-7-19(8-6-18)29(38)39/h5-10,13,15-16,21,24H,2-4,11-12,14,17H2,1H3,(H,38,39)/t21-,24?/m0/s1. The quantitative estimate of drug-likeness (QED) is 0.280. The summed E-state index contributed by atoms with van der Waals surface area (Å²) in [6, 6.07) is 10.1. The molecule has 12 heteroatoms. The fourth-order valence-electron chi connectivity index (χ4n) is 4.87. The molecule has 1 N–H and O–H groups in total. The van der Waals surface area contributed by atoms with Gasteiger partial charge in [0.2, 0.25) is 0 Å². The van der Waals surface area contributed by atoms with E-state index in [4.69, 9.17) is 30.9 Å². The van der Waals surface area contributed by atoms with E-state index in [1.165, 1.54) is 54.3 Å². The molecule has 0 aliphatic carbocycles. The average molecular weight is 608 g/mol. The van der Waals surface area contributed by atoms with Gasteiger partial charge in [-0.2, -0.15) is 13.2 Å². The highest BCUT2D eigenvalue weighted by Crippen LogP contribution is 2.38. The fraction of sp³-hybridized carbons (Fsp3) is 0.367. The summed E-state index contributed by atoms with van der Waals surface area (Å²) in [5.41, 5.74) is 0.312. The molecule has 1 fully saturated rings. The van der Waals surface area contributed by atoms with Crippen molar-refractivity contribution in [3.63, 3.8) is 0 Å². The van der Waals surface area contributed by atoms with E-state index in [9.17, 15) is 27.6 Å². The summed E-state index contributed by atoms with van der Waals surface area (Å²) < 4.78 is 56.3. The smallest absolute Gasteiger partial charge is 0.422 e. The van der Waals surface area contributed by atoms with Crippen LogP contribution in [0.1, 0.15) is 47.6 Å². The van der Waals surface area contributed by atoms with Gasteiger partial charge >= 0.3 is 12.1 Å². The number of halogens is 4. The molecule has 1 aliphatic rings. The van der Waals surface area contributed by atoms with Crippen LogP contribution in [0.5, 0.6) is 11.5 Å². The number of benzene rings is 2. The second-order valence-corrected chi connectivity index (χ2v) is 10.4. The van der Waals surface area contributed by atoms with E-state index in [1.54, 1.807) is 12.1 Å². The molecule has 1 aliphatic heterocycles. The molecule has 0 amide bonds. The zero-order chi connectivity index (χ0) is 30.4. The maximum atomic E-state index is 13.7. The van der Waals surface area contributed by atoms with Gasteiger partial charge in [-0.15, -0.1) is 0 Å². The van der Waals surface area contributed by atoms with Crippen molar-refractivity contribution in [1.82, 2.24) is 4.57 Å². The summed E-state index contributed by atoms with van der Waals surface area (Å²) in [7, 11) is 1.33. The van der Waals surface area contributed by atoms with Crippen LogP contribution in [0.3, 0.4) is 0 Å². The Hall–Kier alpha value is -3.83. The van der Waals surface area contributed by atoms with E-state index in [0.29, 0.717) is 18.6 Å². The minimum atomic E-state index is -4.59. The predicted octanol–water partition coefficient (Wildman–Crippen LogP) is 6.13. The van der Waals surface area contributed by atoms with Crippen LogP contribution in [0.2, 0.25) is 5.02 Å². The van der Waals surface area contributed by atoms with Crippen molar-refractivity contribution in [2.75, 3.05) is 20.3 Å². The Morgan fingerprint density at radius 1 is 1.10 bits per heavy atom. The third-order valence-corrected chi connectivity index (χ3v) is 7.17. The predicted molar refractivity (Wildman–Crippen MR) is 149 cm³/mol. The van der Waals surface area contributed by atoms with Crippen molar-refractivity contribution in [2.45, 2.75) is 50.4 Å². The largest absolute Gasteiger partial charge is 0.495 e. The van der Waals surface area contributed by atoms with Crippen molar-refractivity contribution in [1.29, 1.82) is 0 Å². The lowest BCUT2D eigenvalue weighted by atomic mass is 9.95. The Bertz CT molecular complexity index is 1480. The number of aromatic carboxylic acids is 1. The monoisotopic (exact) mass is 607 g/mol. The van der Waals surface area contributed by atoms with Crippen LogP contribution >= 0.6 is 11.6 Å². The third kappa shape index (κ3) is 7.92. The zero-order valence-electron chi connectivity index (χ0n) is 22.7. The van der Waals surface area contributed by atoms with Crippen LogP contribution < -0.4 is 15.0 Å². The number of methoxy groups -OCH3 is 1. The van der Waals surface area contributed by atoms with E-state index in [0.717, 1.165) is 12.8 Å². The molecule has 0 spiro atoms. The molecule has 8 nitrogen and oxygen atoms in total. The Labute approximate surface area is 244 Å². The number of hydrogen-bond acceptors (Lipinski definition) is 6. The Morgan fingerprint density at radius 2 is 1.81 bits per heavy atom. The van der Waals surface area contributed by atoms with Gasteiger partial charge in [-0.25, -0.2) is 4.79 Å².